The van der Waals surface area contributed by atoms with E-state index in [1.165, 1.54) is 167 Å². The average Bonchev–Trinajstić information content (AvgIpc) is 3.53. The molecule has 0 saturated heterocycles. The predicted molar refractivity (Wildman–Crippen MR) is 391 cm³/mol. The van der Waals surface area contributed by atoms with Gasteiger partial charge in [0, 0.05) is 12.8 Å². The summed E-state index contributed by atoms with van der Waals surface area (Å²) in [6.45, 7) is 4.78. The third kappa shape index (κ3) is 72.7. The maximum Gasteiger partial charge on any atom is 0.361 e. The molecule has 0 bridgehead atoms. The number of ether oxygens (including phenoxy) is 4. The van der Waals surface area contributed by atoms with Crippen molar-refractivity contribution in [2.75, 3.05) is 47.5 Å². The van der Waals surface area contributed by atoms with Crippen molar-refractivity contribution in [3.63, 3.8) is 0 Å². The molecule has 0 fully saturated rings. The molecule has 2 atom stereocenters. The minimum Gasteiger partial charge on any atom is -0.477 e. The summed E-state index contributed by atoms with van der Waals surface area (Å²) in [6, 6.07) is 0. The SMILES string of the molecule is CC/C=C\C/C=C\C/C=C\C/C=C\C/C=C\C/C=C\C/C=C\C/C=C\C/C=C\C/C=C\CCCCCCCCCCCCC(=O)OC(COC(=O)CCCCCCCCCCCCCCC/C=C\CCCCCCCCCC)COC(OCC[N+](C)(C)C)C(=O)O. The number of aliphatic carboxylic acids is 1. The first-order chi connectivity index (χ1) is 44.6. The van der Waals surface area contributed by atoms with E-state index in [1.807, 2.05) is 21.1 Å². The van der Waals surface area contributed by atoms with Crippen LogP contribution >= 0.6 is 0 Å². The fraction of sp³-hybridized carbons (Fsp3) is 0.695. The molecule has 520 valence electrons. The number of carboxylic acid groups (broad SMARTS) is 1. The summed E-state index contributed by atoms with van der Waals surface area (Å²) in [5.41, 5.74) is 0. The van der Waals surface area contributed by atoms with Crippen molar-refractivity contribution in [1.29, 1.82) is 0 Å². The van der Waals surface area contributed by atoms with Gasteiger partial charge >= 0.3 is 17.9 Å². The van der Waals surface area contributed by atoms with Gasteiger partial charge in [0.15, 0.2) is 6.10 Å². The lowest BCUT2D eigenvalue weighted by atomic mass is 10.0. The van der Waals surface area contributed by atoms with Crippen LogP contribution in [0.15, 0.2) is 134 Å². The van der Waals surface area contributed by atoms with E-state index in [9.17, 15) is 19.5 Å². The van der Waals surface area contributed by atoms with Gasteiger partial charge in [-0.2, -0.15) is 0 Å². The maximum atomic E-state index is 13.0. The Labute approximate surface area is 560 Å². The van der Waals surface area contributed by atoms with E-state index < -0.39 is 24.3 Å². The summed E-state index contributed by atoms with van der Waals surface area (Å²) < 4.78 is 23.0. The molecule has 0 aliphatic rings. The second-order valence-corrected chi connectivity index (χ2v) is 25.9. The Bertz CT molecular complexity index is 1960. The van der Waals surface area contributed by atoms with Gasteiger partial charge in [0.05, 0.1) is 34.4 Å². The molecule has 9 heteroatoms. The van der Waals surface area contributed by atoms with Crippen molar-refractivity contribution in [2.24, 2.45) is 0 Å². The molecule has 9 nitrogen and oxygen atoms in total. The standard InChI is InChI=1S/C82H139NO8/c1-6-8-10-12-14-16-18-20-22-24-26-28-30-32-33-34-35-36-37-38-39-40-41-42-43-44-45-46-47-49-51-53-55-57-59-61-63-65-67-69-71-73-80(85)91-78(77-90-82(81(86)87)88-75-74-83(3,4)5)76-89-79(84)72-70-68-66-64-62-60-58-56-54-52-50-48-31-29-27-25-23-21-19-17-15-13-11-9-7-2/h8,10,14,16,20,22,25-28,32-33,35-36,38-39,41-42,44-45,47,49,78,82H,6-7,9,11-13,15,17-19,21,23-24,29-31,34,37,40,43,46,48,50-77H2,1-5H3/p+1/b10-8-,16-14-,22-20-,27-25-,28-26-,33-32-,36-35-,39-38-,42-41-,45-44-,49-47-. The summed E-state index contributed by atoms with van der Waals surface area (Å²) in [6.07, 6.45) is 100.0. The number of carboxylic acids is 1. The third-order valence-electron chi connectivity index (χ3n) is 15.9. The first kappa shape index (κ1) is 86.4. The Kier molecular flexibility index (Phi) is 67.7. The van der Waals surface area contributed by atoms with Crippen LogP contribution in [-0.2, 0) is 33.3 Å². The highest BCUT2D eigenvalue weighted by Crippen LogP contribution is 2.17. The van der Waals surface area contributed by atoms with E-state index in [0.29, 0.717) is 23.9 Å². The number of allylic oxidation sites excluding steroid dienone is 22. The minimum atomic E-state index is -1.52. The van der Waals surface area contributed by atoms with Crippen molar-refractivity contribution in [1.82, 2.24) is 0 Å². The number of unbranched alkanes of at least 4 members (excludes halogenated alkanes) is 31. The molecule has 0 saturated carbocycles. The van der Waals surface area contributed by atoms with Gasteiger partial charge in [-0.15, -0.1) is 0 Å². The first-order valence-electron chi connectivity index (χ1n) is 37.3. The van der Waals surface area contributed by atoms with Gasteiger partial charge in [0.2, 0.25) is 0 Å². The zero-order valence-corrected chi connectivity index (χ0v) is 59.5. The molecule has 0 aromatic carbocycles. The van der Waals surface area contributed by atoms with Crippen molar-refractivity contribution in [3.05, 3.63) is 134 Å². The van der Waals surface area contributed by atoms with Crippen molar-refractivity contribution in [2.45, 2.75) is 322 Å². The van der Waals surface area contributed by atoms with E-state index >= 15 is 0 Å². The number of carbonyl (C=O) groups excluding carboxylic acids is 2. The van der Waals surface area contributed by atoms with Gasteiger partial charge in [-0.25, -0.2) is 4.79 Å². The molecule has 0 radical (unpaired) electrons. The molecular formula is C82H140NO8+. The number of hydrogen-bond donors (Lipinski definition) is 1. The van der Waals surface area contributed by atoms with Crippen LogP contribution in [0, 0.1) is 0 Å². The molecule has 0 amide bonds. The van der Waals surface area contributed by atoms with E-state index in [2.05, 4.69) is 148 Å². The molecule has 91 heavy (non-hydrogen) atoms. The van der Waals surface area contributed by atoms with Crippen LogP contribution in [0.1, 0.15) is 309 Å². The molecule has 0 aromatic rings. The molecule has 0 aliphatic heterocycles. The van der Waals surface area contributed by atoms with Crippen LogP contribution in [0.5, 0.6) is 0 Å². The van der Waals surface area contributed by atoms with Crippen molar-refractivity contribution < 1.29 is 42.9 Å². The molecule has 0 rings (SSSR count). The van der Waals surface area contributed by atoms with E-state index in [-0.39, 0.29) is 32.2 Å². The van der Waals surface area contributed by atoms with E-state index in [4.69, 9.17) is 18.9 Å². The zero-order chi connectivity index (χ0) is 66.1. The Morgan fingerprint density at radius 3 is 0.945 bits per heavy atom. The van der Waals surface area contributed by atoms with Crippen LogP contribution in [0.25, 0.3) is 0 Å². The fourth-order valence-electron chi connectivity index (χ4n) is 10.2. The molecule has 2 unspecified atom stereocenters. The quantitative estimate of drug-likeness (QED) is 0.0211. The first-order valence-corrected chi connectivity index (χ1v) is 37.3. The lowest BCUT2D eigenvalue weighted by Gasteiger charge is -2.25. The highest BCUT2D eigenvalue weighted by Gasteiger charge is 2.25. The Morgan fingerprint density at radius 1 is 0.341 bits per heavy atom. The minimum absolute atomic E-state index is 0.182. The number of rotatable bonds is 68. The molecule has 0 aromatic heterocycles. The maximum absolute atomic E-state index is 13.0. The smallest absolute Gasteiger partial charge is 0.361 e. The van der Waals surface area contributed by atoms with Crippen LogP contribution in [0.4, 0.5) is 0 Å². The Balaban J connectivity index is 4.12. The lowest BCUT2D eigenvalue weighted by molar-refractivity contribution is -0.870. The molecular weight excluding hydrogens is 1130 g/mol. The third-order valence-corrected chi connectivity index (χ3v) is 15.9. The normalized spacial score (nSPS) is 13.5. The van der Waals surface area contributed by atoms with E-state index in [0.717, 1.165) is 109 Å². The highest BCUT2D eigenvalue weighted by molar-refractivity contribution is 5.71. The number of carbonyl (C=O) groups is 3. The monoisotopic (exact) mass is 1270 g/mol. The number of esters is 2. The topological polar surface area (TPSA) is 108 Å². The second kappa shape index (κ2) is 71.3. The summed E-state index contributed by atoms with van der Waals surface area (Å²) in [5, 5.41) is 9.76. The second-order valence-electron chi connectivity index (χ2n) is 25.9. The summed E-state index contributed by atoms with van der Waals surface area (Å²) in [5.74, 6) is -2.01. The highest BCUT2D eigenvalue weighted by atomic mass is 16.7. The number of hydrogen-bond acceptors (Lipinski definition) is 7. The van der Waals surface area contributed by atoms with Gasteiger partial charge < -0.3 is 28.5 Å². The predicted octanol–water partition coefficient (Wildman–Crippen LogP) is 23.7. The average molecular weight is 1270 g/mol. The van der Waals surface area contributed by atoms with Gasteiger partial charge in [-0.05, 0) is 116 Å². The number of nitrogens with zero attached hydrogens (tertiary/aromatic N) is 1. The molecule has 0 spiro atoms. The van der Waals surface area contributed by atoms with Crippen molar-refractivity contribution >= 4 is 17.9 Å². The molecule has 1 N–H and O–H groups in total. The zero-order valence-electron chi connectivity index (χ0n) is 59.5. The van der Waals surface area contributed by atoms with Crippen LogP contribution in [-0.4, -0.2) is 87.4 Å². The lowest BCUT2D eigenvalue weighted by Crippen LogP contribution is -2.40. The summed E-state index contributed by atoms with van der Waals surface area (Å²) in [7, 11) is 5.98. The number of quaternary nitrogens is 1. The van der Waals surface area contributed by atoms with Gasteiger partial charge in [-0.1, -0.05) is 314 Å². The summed E-state index contributed by atoms with van der Waals surface area (Å²) >= 11 is 0. The fourth-order valence-corrected chi connectivity index (χ4v) is 10.2. The molecule has 0 heterocycles. The van der Waals surface area contributed by atoms with Gasteiger partial charge in [-0.3, -0.25) is 9.59 Å². The Hall–Kier alpha value is -4.57. The number of likely N-dealkylation sites (N-methyl/N-ethyl adjacent to an activating group) is 1. The van der Waals surface area contributed by atoms with Crippen LogP contribution < -0.4 is 0 Å². The van der Waals surface area contributed by atoms with Crippen LogP contribution in [0.2, 0.25) is 0 Å². The largest absolute Gasteiger partial charge is 0.477 e. The Morgan fingerprint density at radius 2 is 0.626 bits per heavy atom. The molecule has 0 aliphatic carbocycles. The van der Waals surface area contributed by atoms with E-state index in [1.54, 1.807) is 0 Å². The summed E-state index contributed by atoms with van der Waals surface area (Å²) in [4.78, 5) is 37.7. The van der Waals surface area contributed by atoms with Crippen LogP contribution in [0.3, 0.4) is 0 Å². The van der Waals surface area contributed by atoms with Gasteiger partial charge in [0.25, 0.3) is 6.29 Å². The van der Waals surface area contributed by atoms with Gasteiger partial charge in [0.1, 0.15) is 13.2 Å². The van der Waals surface area contributed by atoms with Crippen molar-refractivity contribution in [3.8, 4) is 0 Å².